The molecule has 1 saturated carbocycles. The number of rotatable bonds is 7. The Hall–Kier alpha value is -1.43. The van der Waals surface area contributed by atoms with Crippen molar-refractivity contribution in [3.63, 3.8) is 0 Å². The van der Waals surface area contributed by atoms with Gasteiger partial charge in [0.2, 0.25) is 5.91 Å². The van der Waals surface area contributed by atoms with Gasteiger partial charge in [-0.3, -0.25) is 4.79 Å². The Kier molecular flexibility index (Phi) is 5.45. The Balaban J connectivity index is 1.96. The maximum atomic E-state index is 12.6. The minimum absolute atomic E-state index is 0.0354. The lowest BCUT2D eigenvalue weighted by Gasteiger charge is -2.57. The van der Waals surface area contributed by atoms with Crippen LogP contribution in [0.3, 0.4) is 0 Å². The van der Waals surface area contributed by atoms with Gasteiger partial charge >= 0.3 is 0 Å². The Bertz CT molecular complexity index is 559. The molecule has 0 aromatic heterocycles. The van der Waals surface area contributed by atoms with E-state index in [-0.39, 0.29) is 17.4 Å². The summed E-state index contributed by atoms with van der Waals surface area (Å²) in [5, 5.41) is 2.97. The fourth-order valence-electron chi connectivity index (χ4n) is 3.16. The number of hydrogen-bond acceptors (Lipinski definition) is 4. The van der Waals surface area contributed by atoms with E-state index in [4.69, 9.17) is 15.2 Å². The average Bonchev–Trinajstić information content (AvgIpc) is 2.53. The summed E-state index contributed by atoms with van der Waals surface area (Å²) in [6.07, 6.45) is 0.594. The molecule has 1 amide bonds. The normalized spacial score (nSPS) is 25.7. The minimum Gasteiger partial charge on any atom is -0.380 e. The monoisotopic (exact) mass is 320 g/mol. The first-order valence-electron chi connectivity index (χ1n) is 8.10. The van der Waals surface area contributed by atoms with Crippen LogP contribution in [0, 0.1) is 5.41 Å². The van der Waals surface area contributed by atoms with Gasteiger partial charge in [-0.1, -0.05) is 38.1 Å². The van der Waals surface area contributed by atoms with Gasteiger partial charge in [-0.05, 0) is 18.1 Å². The molecule has 2 rings (SSSR count). The third-order valence-electron chi connectivity index (χ3n) is 4.99. The third kappa shape index (κ3) is 3.42. The molecule has 1 aromatic carbocycles. The first-order valence-corrected chi connectivity index (χ1v) is 8.10. The Morgan fingerprint density at radius 3 is 2.70 bits per heavy atom. The van der Waals surface area contributed by atoms with Crippen molar-refractivity contribution < 1.29 is 14.3 Å². The smallest absolute Gasteiger partial charge is 0.241 e. The van der Waals surface area contributed by atoms with Crippen molar-refractivity contribution in [3.05, 3.63) is 35.4 Å². The molecule has 0 bridgehead atoms. The largest absolute Gasteiger partial charge is 0.380 e. The number of benzene rings is 1. The second-order valence-electron chi connectivity index (χ2n) is 6.78. The summed E-state index contributed by atoms with van der Waals surface area (Å²) in [4.78, 5) is 12.6. The minimum atomic E-state index is -0.878. The lowest BCUT2D eigenvalue weighted by atomic mass is 9.54. The lowest BCUT2D eigenvalue weighted by molar-refractivity contribution is -0.170. The second-order valence-corrected chi connectivity index (χ2v) is 6.78. The van der Waals surface area contributed by atoms with Crippen LogP contribution in [0.5, 0.6) is 0 Å². The van der Waals surface area contributed by atoms with Crippen LogP contribution < -0.4 is 11.1 Å². The highest BCUT2D eigenvalue weighted by molar-refractivity contribution is 5.88. The number of carbonyl (C=O) groups is 1. The van der Waals surface area contributed by atoms with Crippen LogP contribution in [0.1, 0.15) is 38.3 Å². The molecular weight excluding hydrogens is 292 g/mol. The summed E-state index contributed by atoms with van der Waals surface area (Å²) in [5.74, 6) is -0.115. The van der Waals surface area contributed by atoms with Gasteiger partial charge in [-0.25, -0.2) is 0 Å². The molecule has 2 atom stereocenters. The quantitative estimate of drug-likeness (QED) is 0.806. The summed E-state index contributed by atoms with van der Waals surface area (Å²) >= 11 is 0. The number of nitrogens with one attached hydrogen (secondary N) is 1. The summed E-state index contributed by atoms with van der Waals surface area (Å²) in [5.41, 5.74) is 7.25. The van der Waals surface area contributed by atoms with Crippen LogP contribution in [0.2, 0.25) is 0 Å². The number of carbonyl (C=O) groups excluding carboxylic acids is 1. The van der Waals surface area contributed by atoms with Crippen molar-refractivity contribution in [1.29, 1.82) is 0 Å². The van der Waals surface area contributed by atoms with Crippen molar-refractivity contribution in [2.75, 3.05) is 13.7 Å². The molecule has 1 aliphatic carbocycles. The zero-order valence-corrected chi connectivity index (χ0v) is 14.5. The van der Waals surface area contributed by atoms with E-state index >= 15 is 0 Å². The molecular formula is C18H28N2O3. The highest BCUT2D eigenvalue weighted by Crippen LogP contribution is 2.49. The van der Waals surface area contributed by atoms with Gasteiger partial charge in [-0.15, -0.1) is 0 Å². The SMILES string of the molecule is CCOC1CC(N)(C(=O)NCc2cccc(COC)c2)C1(C)C. The van der Waals surface area contributed by atoms with Gasteiger partial charge in [0, 0.05) is 32.1 Å². The number of hydrogen-bond donors (Lipinski definition) is 2. The Morgan fingerprint density at radius 2 is 2.09 bits per heavy atom. The topological polar surface area (TPSA) is 73.6 Å². The summed E-state index contributed by atoms with van der Waals surface area (Å²) in [6.45, 7) is 7.61. The number of nitrogens with two attached hydrogens (primary N) is 1. The van der Waals surface area contributed by atoms with E-state index < -0.39 is 5.54 Å². The first-order chi connectivity index (χ1) is 10.8. The lowest BCUT2D eigenvalue weighted by Crippen LogP contribution is -2.75. The summed E-state index contributed by atoms with van der Waals surface area (Å²) < 4.78 is 10.8. The Labute approximate surface area is 138 Å². The van der Waals surface area contributed by atoms with Gasteiger partial charge in [-0.2, -0.15) is 0 Å². The van der Waals surface area contributed by atoms with Gasteiger partial charge in [0.25, 0.3) is 0 Å². The molecule has 0 aliphatic heterocycles. The molecule has 0 radical (unpaired) electrons. The van der Waals surface area contributed by atoms with Crippen LogP contribution in [0.4, 0.5) is 0 Å². The van der Waals surface area contributed by atoms with E-state index in [1.54, 1.807) is 7.11 Å². The number of amides is 1. The molecule has 2 unspecified atom stereocenters. The first kappa shape index (κ1) is 17.9. The maximum Gasteiger partial charge on any atom is 0.241 e. The molecule has 1 aliphatic rings. The standard InChI is InChI=1S/C18H28N2O3/c1-5-23-15-10-18(19,17(15,2)3)16(21)20-11-13-7-6-8-14(9-13)12-22-4/h6-9,15H,5,10-12,19H2,1-4H3,(H,20,21). The predicted octanol–water partition coefficient (Wildman–Crippen LogP) is 1.98. The van der Waals surface area contributed by atoms with Crippen molar-refractivity contribution in [1.82, 2.24) is 5.32 Å². The highest BCUT2D eigenvalue weighted by atomic mass is 16.5. The van der Waals surface area contributed by atoms with Crippen LogP contribution in [0.25, 0.3) is 0 Å². The maximum absolute atomic E-state index is 12.6. The number of methoxy groups -OCH3 is 1. The van der Waals surface area contributed by atoms with Gasteiger partial charge in [0.1, 0.15) is 5.54 Å². The number of ether oxygens (including phenoxy) is 2. The van der Waals surface area contributed by atoms with E-state index in [9.17, 15) is 4.79 Å². The average molecular weight is 320 g/mol. The van der Waals surface area contributed by atoms with Gasteiger partial charge in [0.05, 0.1) is 12.7 Å². The van der Waals surface area contributed by atoms with Gasteiger partial charge < -0.3 is 20.5 Å². The zero-order valence-electron chi connectivity index (χ0n) is 14.5. The van der Waals surface area contributed by atoms with E-state index in [1.165, 1.54) is 0 Å². The summed E-state index contributed by atoms with van der Waals surface area (Å²) in [7, 11) is 1.67. The summed E-state index contributed by atoms with van der Waals surface area (Å²) in [6, 6.07) is 7.98. The van der Waals surface area contributed by atoms with Crippen LogP contribution in [-0.2, 0) is 27.4 Å². The molecule has 23 heavy (non-hydrogen) atoms. The molecule has 5 heteroatoms. The van der Waals surface area contributed by atoms with Crippen molar-refractivity contribution >= 4 is 5.91 Å². The molecule has 0 spiro atoms. The zero-order chi connectivity index (χ0) is 17.1. The second kappa shape index (κ2) is 6.99. The molecule has 128 valence electrons. The molecule has 1 fully saturated rings. The van der Waals surface area contributed by atoms with E-state index in [1.807, 2.05) is 45.0 Å². The van der Waals surface area contributed by atoms with E-state index in [0.717, 1.165) is 11.1 Å². The predicted molar refractivity (Wildman–Crippen MR) is 89.7 cm³/mol. The molecule has 0 saturated heterocycles. The van der Waals surface area contributed by atoms with Crippen LogP contribution in [-0.4, -0.2) is 31.3 Å². The molecule has 0 heterocycles. The van der Waals surface area contributed by atoms with Crippen molar-refractivity contribution in [2.45, 2.75) is 52.0 Å². The molecule has 1 aromatic rings. The van der Waals surface area contributed by atoms with Crippen molar-refractivity contribution in [3.8, 4) is 0 Å². The highest BCUT2D eigenvalue weighted by Gasteiger charge is 2.62. The van der Waals surface area contributed by atoms with Crippen LogP contribution in [0.15, 0.2) is 24.3 Å². The molecule has 5 nitrogen and oxygen atoms in total. The van der Waals surface area contributed by atoms with E-state index in [0.29, 0.717) is 26.2 Å². The molecule has 3 N–H and O–H groups in total. The fraction of sp³-hybridized carbons (Fsp3) is 0.611. The Morgan fingerprint density at radius 1 is 1.39 bits per heavy atom. The van der Waals surface area contributed by atoms with Gasteiger partial charge in [0.15, 0.2) is 0 Å². The van der Waals surface area contributed by atoms with Crippen molar-refractivity contribution in [2.24, 2.45) is 11.1 Å². The fourth-order valence-corrected chi connectivity index (χ4v) is 3.16. The third-order valence-corrected chi connectivity index (χ3v) is 4.99. The van der Waals surface area contributed by atoms with Crippen LogP contribution >= 0.6 is 0 Å². The van der Waals surface area contributed by atoms with E-state index in [2.05, 4.69) is 5.32 Å².